The van der Waals surface area contributed by atoms with Crippen LogP contribution in [-0.2, 0) is 0 Å². The number of hydrogen-bond acceptors (Lipinski definition) is 1. The fourth-order valence-electron chi connectivity index (χ4n) is 0. The van der Waals surface area contributed by atoms with Crippen molar-refractivity contribution >= 4 is 0 Å². The number of nitriles is 1. The Morgan fingerprint density at radius 1 is 1.50 bits per heavy atom. The molecule has 0 atom stereocenters. The van der Waals surface area contributed by atoms with Gasteiger partial charge < -0.3 is 0 Å². The first-order valence-corrected chi connectivity index (χ1v) is 1.47. The monoisotopic (exact) mass is 75.1 g/mol. The van der Waals surface area contributed by atoms with E-state index >= 15 is 0 Å². The largest absolute Gasteiger partial charge is 1.00 e. The zero-order valence-corrected chi connectivity index (χ0v) is 4.45. The van der Waals surface area contributed by atoms with E-state index in [1.807, 2.05) is 6.07 Å². The van der Waals surface area contributed by atoms with Gasteiger partial charge in [-0.15, -0.1) is 6.07 Å². The number of rotatable bonds is 0. The van der Waals surface area contributed by atoms with Crippen LogP contribution in [0.5, 0.6) is 0 Å². The zero-order valence-electron chi connectivity index (χ0n) is 4.45. The minimum Gasteiger partial charge on any atom is -0.282 e. The van der Waals surface area contributed by atoms with Crippen molar-refractivity contribution < 1.29 is 18.9 Å². The third-order valence-corrected chi connectivity index (χ3v) is 0.224. The predicted octanol–water partition coefficient (Wildman–Crippen LogP) is -1.87. The van der Waals surface area contributed by atoms with E-state index in [1.165, 1.54) is 0 Å². The molecule has 0 heterocycles. The van der Waals surface area contributed by atoms with Crippen LogP contribution in [-0.4, -0.2) is 0 Å². The average Bonchev–Trinajstić information content (AvgIpc) is 1.38. The Bertz CT molecular complexity index is 53.1. The molecule has 1 nitrogen and oxygen atoms in total. The molecule has 0 rings (SSSR count). The zero-order chi connectivity index (χ0) is 4.28. The molecule has 0 fully saturated rings. The van der Waals surface area contributed by atoms with Gasteiger partial charge in [0.25, 0.3) is 0 Å². The van der Waals surface area contributed by atoms with Gasteiger partial charge in [-0.1, -0.05) is 0 Å². The summed E-state index contributed by atoms with van der Waals surface area (Å²) in [5.41, 5.74) is 0. The molecule has 0 aliphatic carbocycles. The maximum atomic E-state index is 7.86. The summed E-state index contributed by atoms with van der Waals surface area (Å²) >= 11 is 0. The van der Waals surface area contributed by atoms with E-state index in [0.717, 1.165) is 5.92 Å². The minimum absolute atomic E-state index is 0. The molecule has 6 heavy (non-hydrogen) atoms. The Morgan fingerprint density at radius 2 is 1.67 bits per heavy atom. The fourth-order valence-corrected chi connectivity index (χ4v) is 0. The van der Waals surface area contributed by atoms with Gasteiger partial charge in [-0.25, -0.2) is 5.26 Å². The van der Waals surface area contributed by atoms with Crippen LogP contribution >= 0.6 is 0 Å². The summed E-state index contributed by atoms with van der Waals surface area (Å²) in [7, 11) is 0. The summed E-state index contributed by atoms with van der Waals surface area (Å²) in [5.74, 6) is 0.810. The summed E-state index contributed by atoms with van der Waals surface area (Å²) < 4.78 is 0. The van der Waals surface area contributed by atoms with Gasteiger partial charge in [-0.3, -0.25) is 5.92 Å². The first kappa shape index (κ1) is 9.35. The van der Waals surface area contributed by atoms with Gasteiger partial charge in [0.15, 0.2) is 0 Å². The molecule has 0 bridgehead atoms. The van der Waals surface area contributed by atoms with Crippen molar-refractivity contribution in [3.8, 4) is 6.07 Å². The molecule has 0 aliphatic rings. The third kappa shape index (κ3) is 9.03. The molecule has 0 saturated carbocycles. The maximum Gasteiger partial charge on any atom is 1.00 e. The fraction of sp³-hybridized carbons (Fsp3) is 0.500. The summed E-state index contributed by atoms with van der Waals surface area (Å²) in [6, 6.07) is 1.94. The van der Waals surface area contributed by atoms with Crippen LogP contribution in [0.3, 0.4) is 0 Å². The molecule has 0 N–H and O–H groups in total. The van der Waals surface area contributed by atoms with Crippen LogP contribution in [0, 0.1) is 17.2 Å². The molecule has 0 aromatic rings. The van der Waals surface area contributed by atoms with Gasteiger partial charge in [-0.05, 0) is 0 Å². The van der Waals surface area contributed by atoms with Crippen LogP contribution in [0.15, 0.2) is 0 Å². The van der Waals surface area contributed by atoms with E-state index in [1.54, 1.807) is 13.8 Å². The SMILES string of the molecule is C[C-](C)C#N.[Li+]. The van der Waals surface area contributed by atoms with Gasteiger partial charge in [-0.2, -0.15) is 13.8 Å². The molecule has 0 aromatic heterocycles. The van der Waals surface area contributed by atoms with Crippen molar-refractivity contribution in [1.82, 2.24) is 0 Å². The molecule has 0 spiro atoms. The third-order valence-electron chi connectivity index (χ3n) is 0.224. The first-order chi connectivity index (χ1) is 2.27. The van der Waals surface area contributed by atoms with E-state index in [-0.39, 0.29) is 18.9 Å². The average molecular weight is 75.0 g/mol. The van der Waals surface area contributed by atoms with E-state index in [4.69, 9.17) is 5.26 Å². The van der Waals surface area contributed by atoms with Crippen molar-refractivity contribution in [3.63, 3.8) is 0 Å². The van der Waals surface area contributed by atoms with Gasteiger partial charge in [0, 0.05) is 0 Å². The van der Waals surface area contributed by atoms with Crippen molar-refractivity contribution in [3.05, 3.63) is 5.92 Å². The molecular formula is C4H6LiN. The minimum atomic E-state index is 0. The van der Waals surface area contributed by atoms with Gasteiger partial charge in [0.1, 0.15) is 0 Å². The molecule has 28 valence electrons. The first-order valence-electron chi connectivity index (χ1n) is 1.47. The van der Waals surface area contributed by atoms with E-state index < -0.39 is 0 Å². The smallest absolute Gasteiger partial charge is 0.282 e. The second kappa shape index (κ2) is 4.96. The van der Waals surface area contributed by atoms with E-state index in [0.29, 0.717) is 0 Å². The van der Waals surface area contributed by atoms with E-state index in [9.17, 15) is 0 Å². The second-order valence-corrected chi connectivity index (χ2v) is 1.11. The van der Waals surface area contributed by atoms with Gasteiger partial charge >= 0.3 is 18.9 Å². The summed E-state index contributed by atoms with van der Waals surface area (Å²) in [5, 5.41) is 7.86. The maximum absolute atomic E-state index is 7.86. The van der Waals surface area contributed by atoms with Gasteiger partial charge in [0.05, 0.1) is 0 Å². The van der Waals surface area contributed by atoms with Gasteiger partial charge in [0.2, 0.25) is 0 Å². The second-order valence-electron chi connectivity index (χ2n) is 1.11. The molecule has 2 heteroatoms. The Labute approximate surface area is 50.5 Å². The summed E-state index contributed by atoms with van der Waals surface area (Å²) in [4.78, 5) is 0. The topological polar surface area (TPSA) is 23.8 Å². The molecule has 0 radical (unpaired) electrons. The van der Waals surface area contributed by atoms with Crippen molar-refractivity contribution in [1.29, 1.82) is 5.26 Å². The molecule has 0 saturated heterocycles. The Kier molecular flexibility index (Phi) is 7.72. The van der Waals surface area contributed by atoms with Crippen LogP contribution in [0.1, 0.15) is 13.8 Å². The number of nitrogens with zero attached hydrogens (tertiary/aromatic N) is 1. The van der Waals surface area contributed by atoms with Crippen molar-refractivity contribution in [2.75, 3.05) is 0 Å². The van der Waals surface area contributed by atoms with E-state index in [2.05, 4.69) is 0 Å². The Balaban J connectivity index is 0. The summed E-state index contributed by atoms with van der Waals surface area (Å²) in [6.07, 6.45) is 0. The summed E-state index contributed by atoms with van der Waals surface area (Å²) in [6.45, 7) is 3.56. The molecule has 0 unspecified atom stereocenters. The Hall–Kier alpha value is -0.0426. The predicted molar refractivity (Wildman–Crippen MR) is 20.2 cm³/mol. The quantitative estimate of drug-likeness (QED) is 0.244. The van der Waals surface area contributed by atoms with Crippen molar-refractivity contribution in [2.45, 2.75) is 13.8 Å². The van der Waals surface area contributed by atoms with Crippen LogP contribution in [0.2, 0.25) is 0 Å². The van der Waals surface area contributed by atoms with Crippen molar-refractivity contribution in [2.24, 2.45) is 0 Å². The van der Waals surface area contributed by atoms with Crippen LogP contribution in [0.4, 0.5) is 0 Å². The molecule has 0 aromatic carbocycles. The van der Waals surface area contributed by atoms with Crippen LogP contribution < -0.4 is 18.9 Å². The molecule has 0 amide bonds. The van der Waals surface area contributed by atoms with Crippen LogP contribution in [0.25, 0.3) is 0 Å². The molecular weight excluding hydrogens is 69.0 g/mol. The normalized spacial score (nSPS) is 4.83. The molecule has 0 aliphatic heterocycles. The number of hydrogen-bond donors (Lipinski definition) is 0. The standard InChI is InChI=1S/C4H6N.Li/c1-4(2)3-5;/h1-2H3;/q-1;+1. The Morgan fingerprint density at radius 3 is 1.67 bits per heavy atom.